The summed E-state index contributed by atoms with van der Waals surface area (Å²) in [5, 5.41) is 0.440. The van der Waals surface area contributed by atoms with E-state index in [1.165, 1.54) is 0 Å². The van der Waals surface area contributed by atoms with Crippen LogP contribution in [0.15, 0.2) is 27.7 Å². The molecule has 0 spiro atoms. The molecule has 8 heteroatoms. The molecule has 1 atom stereocenters. The quantitative estimate of drug-likeness (QED) is 0.542. The van der Waals surface area contributed by atoms with Gasteiger partial charge in [-0.3, -0.25) is 4.79 Å². The van der Waals surface area contributed by atoms with Gasteiger partial charge in [0, 0.05) is 42.5 Å². The normalized spacial score (nSPS) is 17.6. The minimum absolute atomic E-state index is 0.0736. The number of fused-ring (bicyclic) bond motifs is 1. The average Bonchev–Trinajstić information content (AvgIpc) is 2.75. The van der Waals surface area contributed by atoms with Gasteiger partial charge < -0.3 is 19.1 Å². The number of hydrogen-bond donors (Lipinski definition) is 0. The van der Waals surface area contributed by atoms with E-state index in [0.717, 1.165) is 52.1 Å². The van der Waals surface area contributed by atoms with Gasteiger partial charge in [0.2, 0.25) is 5.43 Å². The molecule has 1 aliphatic rings. The number of carbonyl (C=O) groups excluding carboxylic acids is 1. The Morgan fingerprint density at radius 1 is 1.33 bits per heavy atom. The second kappa shape index (κ2) is 10.5. The van der Waals surface area contributed by atoms with Crippen LogP contribution in [0.1, 0.15) is 50.0 Å². The molecule has 0 aromatic carbocycles. The van der Waals surface area contributed by atoms with Crippen molar-refractivity contribution in [1.82, 2.24) is 19.4 Å². The highest BCUT2D eigenvalue weighted by molar-refractivity contribution is 9.10. The fraction of sp³-hybridized carbons (Fsp3) is 0.591. The van der Waals surface area contributed by atoms with Crippen LogP contribution in [0.5, 0.6) is 0 Å². The molecule has 30 heavy (non-hydrogen) atoms. The SMILES string of the molecule is CCOC(=O)c1cn([C@H]2CCCN(CCN(CC)CC)C2)c2ncc(Br)cc2c1=O. The van der Waals surface area contributed by atoms with Gasteiger partial charge in [-0.1, -0.05) is 13.8 Å². The molecule has 0 N–H and O–H groups in total. The third-order valence-corrected chi connectivity index (χ3v) is 6.27. The lowest BCUT2D eigenvalue weighted by molar-refractivity contribution is 0.0523. The van der Waals surface area contributed by atoms with Crippen LogP contribution in [0.2, 0.25) is 0 Å². The van der Waals surface area contributed by atoms with E-state index in [1.54, 1.807) is 25.4 Å². The number of aromatic nitrogens is 2. The molecule has 0 aliphatic carbocycles. The van der Waals surface area contributed by atoms with E-state index in [2.05, 4.69) is 44.6 Å². The zero-order chi connectivity index (χ0) is 21.7. The van der Waals surface area contributed by atoms with Crippen molar-refractivity contribution in [3.05, 3.63) is 38.7 Å². The number of halogens is 1. The molecule has 7 nitrogen and oxygen atoms in total. The molecule has 0 amide bonds. The van der Waals surface area contributed by atoms with Crippen LogP contribution < -0.4 is 5.43 Å². The Hall–Kier alpha value is -1.77. The first-order chi connectivity index (χ1) is 14.5. The highest BCUT2D eigenvalue weighted by atomic mass is 79.9. The van der Waals surface area contributed by atoms with Crippen molar-refractivity contribution in [1.29, 1.82) is 0 Å². The van der Waals surface area contributed by atoms with Gasteiger partial charge in [0.25, 0.3) is 0 Å². The molecule has 164 valence electrons. The van der Waals surface area contributed by atoms with E-state index >= 15 is 0 Å². The van der Waals surface area contributed by atoms with Gasteiger partial charge in [0.15, 0.2) is 0 Å². The van der Waals surface area contributed by atoms with Crippen molar-refractivity contribution >= 4 is 32.9 Å². The molecule has 1 aliphatic heterocycles. The Balaban J connectivity index is 1.94. The molecule has 1 saturated heterocycles. The smallest absolute Gasteiger partial charge is 0.343 e. The van der Waals surface area contributed by atoms with E-state index in [1.807, 2.05) is 4.57 Å². The molecular weight excluding hydrogens is 448 g/mol. The van der Waals surface area contributed by atoms with Gasteiger partial charge in [-0.15, -0.1) is 0 Å². The topological polar surface area (TPSA) is 67.7 Å². The van der Waals surface area contributed by atoms with Crippen LogP contribution >= 0.6 is 15.9 Å². The third-order valence-electron chi connectivity index (χ3n) is 5.83. The van der Waals surface area contributed by atoms with Gasteiger partial charge in [0.1, 0.15) is 11.2 Å². The van der Waals surface area contributed by atoms with Crippen LogP contribution in [0.4, 0.5) is 0 Å². The maximum atomic E-state index is 12.9. The van der Waals surface area contributed by atoms with Crippen LogP contribution in [0, 0.1) is 0 Å². The number of pyridine rings is 2. The molecule has 0 radical (unpaired) electrons. The highest BCUT2D eigenvalue weighted by Crippen LogP contribution is 2.26. The minimum atomic E-state index is -0.577. The third kappa shape index (κ3) is 5.10. The maximum absolute atomic E-state index is 12.9. The average molecular weight is 479 g/mol. The van der Waals surface area contributed by atoms with Gasteiger partial charge in [-0.05, 0) is 61.4 Å². The number of rotatable bonds is 8. The summed E-state index contributed by atoms with van der Waals surface area (Å²) in [6.07, 6.45) is 5.41. The predicted octanol–water partition coefficient (Wildman–Crippen LogP) is 3.31. The summed E-state index contributed by atoms with van der Waals surface area (Å²) in [4.78, 5) is 34.8. The standard InChI is InChI=1S/C22H31BrN4O3/c1-4-25(5-2)10-11-26-9-7-8-17(14-26)27-15-19(22(29)30-6-3)20(28)18-12-16(23)13-24-21(18)27/h12-13,15,17H,4-11,14H2,1-3H3/t17-/m0/s1. The Kier molecular flexibility index (Phi) is 8.02. The summed E-state index contributed by atoms with van der Waals surface area (Å²) in [5.41, 5.74) is 0.360. The number of hydrogen-bond acceptors (Lipinski definition) is 6. The van der Waals surface area contributed by atoms with E-state index < -0.39 is 5.97 Å². The van der Waals surface area contributed by atoms with E-state index in [0.29, 0.717) is 15.5 Å². The molecule has 3 rings (SSSR count). The Morgan fingerprint density at radius 2 is 2.10 bits per heavy atom. The summed E-state index contributed by atoms with van der Waals surface area (Å²) in [6.45, 7) is 12.5. The van der Waals surface area contributed by atoms with Crippen LogP contribution in [-0.2, 0) is 4.74 Å². The number of piperidine rings is 1. The van der Waals surface area contributed by atoms with Crippen molar-refractivity contribution in [2.75, 3.05) is 45.9 Å². The van der Waals surface area contributed by atoms with Crippen molar-refractivity contribution in [2.45, 2.75) is 39.7 Å². The summed E-state index contributed by atoms with van der Waals surface area (Å²) in [5.74, 6) is -0.577. The van der Waals surface area contributed by atoms with E-state index in [9.17, 15) is 9.59 Å². The molecule has 3 heterocycles. The largest absolute Gasteiger partial charge is 0.462 e. The summed E-state index contributed by atoms with van der Waals surface area (Å²) < 4.78 is 7.87. The first-order valence-electron chi connectivity index (χ1n) is 10.8. The summed E-state index contributed by atoms with van der Waals surface area (Å²) >= 11 is 3.40. The molecule has 2 aromatic rings. The number of likely N-dealkylation sites (tertiary alicyclic amines) is 1. The van der Waals surface area contributed by atoms with Crippen molar-refractivity contribution in [3.63, 3.8) is 0 Å². The fourth-order valence-electron chi connectivity index (χ4n) is 4.13. The first-order valence-corrected chi connectivity index (χ1v) is 11.6. The van der Waals surface area contributed by atoms with Gasteiger partial charge in [-0.25, -0.2) is 9.78 Å². The van der Waals surface area contributed by atoms with Gasteiger partial charge in [-0.2, -0.15) is 0 Å². The van der Waals surface area contributed by atoms with Crippen LogP contribution in [-0.4, -0.2) is 71.2 Å². The van der Waals surface area contributed by atoms with Crippen molar-refractivity contribution in [3.8, 4) is 0 Å². The Bertz CT molecular complexity index is 942. The maximum Gasteiger partial charge on any atom is 0.343 e. The Labute approximate surface area is 186 Å². The van der Waals surface area contributed by atoms with Crippen molar-refractivity contribution < 1.29 is 9.53 Å². The van der Waals surface area contributed by atoms with E-state index in [-0.39, 0.29) is 23.6 Å². The molecule has 2 aromatic heterocycles. The van der Waals surface area contributed by atoms with Crippen LogP contribution in [0.25, 0.3) is 11.0 Å². The second-order valence-electron chi connectivity index (χ2n) is 7.65. The highest BCUT2D eigenvalue weighted by Gasteiger charge is 2.25. The number of esters is 1. The van der Waals surface area contributed by atoms with E-state index in [4.69, 9.17) is 4.74 Å². The number of carbonyl (C=O) groups is 1. The molecule has 0 unspecified atom stereocenters. The number of ether oxygens (including phenoxy) is 1. The number of likely N-dealkylation sites (N-methyl/N-ethyl adjacent to an activating group) is 1. The molecule has 1 fully saturated rings. The first kappa shape index (κ1) is 22.9. The Morgan fingerprint density at radius 3 is 2.80 bits per heavy atom. The zero-order valence-corrected chi connectivity index (χ0v) is 19.7. The number of nitrogens with zero attached hydrogens (tertiary/aromatic N) is 4. The molecular formula is C22H31BrN4O3. The van der Waals surface area contributed by atoms with Crippen molar-refractivity contribution in [2.24, 2.45) is 0 Å². The van der Waals surface area contributed by atoms with Gasteiger partial charge >= 0.3 is 5.97 Å². The lowest BCUT2D eigenvalue weighted by atomic mass is 10.0. The molecule has 0 bridgehead atoms. The lowest BCUT2D eigenvalue weighted by Gasteiger charge is -2.35. The zero-order valence-electron chi connectivity index (χ0n) is 18.1. The van der Waals surface area contributed by atoms with Gasteiger partial charge in [0.05, 0.1) is 12.0 Å². The predicted molar refractivity (Wildman–Crippen MR) is 122 cm³/mol. The fourth-order valence-corrected chi connectivity index (χ4v) is 4.46. The second-order valence-corrected chi connectivity index (χ2v) is 8.56. The lowest BCUT2D eigenvalue weighted by Crippen LogP contribution is -2.41. The summed E-state index contributed by atoms with van der Waals surface area (Å²) in [6, 6.07) is 1.89. The summed E-state index contributed by atoms with van der Waals surface area (Å²) in [7, 11) is 0. The minimum Gasteiger partial charge on any atom is -0.462 e. The monoisotopic (exact) mass is 478 g/mol. The molecule has 0 saturated carbocycles. The van der Waals surface area contributed by atoms with Crippen LogP contribution in [0.3, 0.4) is 0 Å².